The molecule has 2 aromatic rings. The third-order valence-corrected chi connectivity index (χ3v) is 3.24. The highest BCUT2D eigenvalue weighted by atomic mass is 16.5. The molecular weight excluding hydrogens is 296 g/mol. The standard InChI is InChI=1S/C17H18N2O4/c1-11(15-8-5-13(20)10-16(15)21)18-19-17(22)9-12-3-6-14(23-2)7-4-12/h3-8,10,20-21H,9H2,1-2H3,(H,19,22). The van der Waals surface area contributed by atoms with Gasteiger partial charge in [0.15, 0.2) is 0 Å². The number of aromatic hydroxyl groups is 2. The first kappa shape index (κ1) is 16.4. The van der Waals surface area contributed by atoms with Gasteiger partial charge in [-0.05, 0) is 36.8 Å². The van der Waals surface area contributed by atoms with Crippen LogP contribution in [0.3, 0.4) is 0 Å². The van der Waals surface area contributed by atoms with E-state index in [4.69, 9.17) is 4.74 Å². The molecule has 6 heteroatoms. The number of phenolic OH excluding ortho intramolecular Hbond substituents is 2. The SMILES string of the molecule is COc1ccc(CC(=O)NN=C(C)c2ccc(O)cc2O)cc1. The molecule has 0 aliphatic heterocycles. The fourth-order valence-corrected chi connectivity index (χ4v) is 2.00. The van der Waals surface area contributed by atoms with Crippen LogP contribution < -0.4 is 10.2 Å². The van der Waals surface area contributed by atoms with Crippen LogP contribution in [0.2, 0.25) is 0 Å². The zero-order valence-electron chi connectivity index (χ0n) is 12.9. The lowest BCUT2D eigenvalue weighted by Crippen LogP contribution is -2.21. The molecule has 1 amide bonds. The summed E-state index contributed by atoms with van der Waals surface area (Å²) in [6.07, 6.45) is 0.183. The summed E-state index contributed by atoms with van der Waals surface area (Å²) in [5.41, 5.74) is 4.15. The van der Waals surface area contributed by atoms with E-state index < -0.39 is 0 Å². The zero-order chi connectivity index (χ0) is 16.8. The van der Waals surface area contributed by atoms with E-state index in [9.17, 15) is 15.0 Å². The molecule has 0 aliphatic rings. The van der Waals surface area contributed by atoms with E-state index in [-0.39, 0.29) is 23.8 Å². The molecule has 0 bridgehead atoms. The topological polar surface area (TPSA) is 91.2 Å². The predicted molar refractivity (Wildman–Crippen MR) is 86.8 cm³/mol. The monoisotopic (exact) mass is 314 g/mol. The Morgan fingerprint density at radius 3 is 2.48 bits per heavy atom. The van der Waals surface area contributed by atoms with Crippen molar-refractivity contribution in [2.75, 3.05) is 7.11 Å². The Morgan fingerprint density at radius 2 is 1.87 bits per heavy atom. The summed E-state index contributed by atoms with van der Waals surface area (Å²) in [6.45, 7) is 1.65. The number of rotatable bonds is 5. The number of hydrazone groups is 1. The molecule has 0 aliphatic carbocycles. The minimum absolute atomic E-state index is 0.0393. The van der Waals surface area contributed by atoms with Crippen LogP contribution >= 0.6 is 0 Å². The van der Waals surface area contributed by atoms with Crippen molar-refractivity contribution in [2.24, 2.45) is 5.10 Å². The maximum absolute atomic E-state index is 11.9. The minimum Gasteiger partial charge on any atom is -0.508 e. The number of ether oxygens (including phenoxy) is 1. The van der Waals surface area contributed by atoms with Crippen molar-refractivity contribution in [3.05, 3.63) is 53.6 Å². The van der Waals surface area contributed by atoms with Crippen LogP contribution in [0, 0.1) is 0 Å². The molecule has 0 saturated heterocycles. The lowest BCUT2D eigenvalue weighted by Gasteiger charge is -2.06. The molecule has 2 aromatic carbocycles. The van der Waals surface area contributed by atoms with Crippen LogP contribution in [-0.4, -0.2) is 28.9 Å². The number of amides is 1. The van der Waals surface area contributed by atoms with Gasteiger partial charge >= 0.3 is 0 Å². The Bertz CT molecular complexity index is 724. The van der Waals surface area contributed by atoms with Gasteiger partial charge in [-0.3, -0.25) is 4.79 Å². The molecule has 3 N–H and O–H groups in total. The summed E-state index contributed by atoms with van der Waals surface area (Å²) in [6, 6.07) is 11.4. The predicted octanol–water partition coefficient (Wildman–Crippen LogP) is 2.19. The Morgan fingerprint density at radius 1 is 1.17 bits per heavy atom. The number of methoxy groups -OCH3 is 1. The molecule has 0 atom stereocenters. The second-order valence-electron chi connectivity index (χ2n) is 4.96. The number of hydrogen-bond acceptors (Lipinski definition) is 5. The molecule has 0 saturated carbocycles. The smallest absolute Gasteiger partial charge is 0.244 e. The number of nitrogens with zero attached hydrogens (tertiary/aromatic N) is 1. The van der Waals surface area contributed by atoms with Crippen molar-refractivity contribution in [1.82, 2.24) is 5.43 Å². The molecule has 6 nitrogen and oxygen atoms in total. The summed E-state index contributed by atoms with van der Waals surface area (Å²) < 4.78 is 5.06. The number of carbonyl (C=O) groups excluding carboxylic acids is 1. The van der Waals surface area contributed by atoms with Crippen LogP contribution in [-0.2, 0) is 11.2 Å². The quantitative estimate of drug-likeness (QED) is 0.583. The summed E-state index contributed by atoms with van der Waals surface area (Å²) in [7, 11) is 1.58. The van der Waals surface area contributed by atoms with Gasteiger partial charge in [-0.1, -0.05) is 12.1 Å². The van der Waals surface area contributed by atoms with Crippen LogP contribution in [0.25, 0.3) is 0 Å². The normalized spacial score (nSPS) is 11.1. The van der Waals surface area contributed by atoms with Gasteiger partial charge in [0, 0.05) is 11.6 Å². The van der Waals surface area contributed by atoms with E-state index in [2.05, 4.69) is 10.5 Å². The highest BCUT2D eigenvalue weighted by Crippen LogP contribution is 2.22. The van der Waals surface area contributed by atoms with Crippen molar-refractivity contribution in [1.29, 1.82) is 0 Å². The Labute approximate surface area is 134 Å². The molecule has 0 heterocycles. The van der Waals surface area contributed by atoms with Crippen LogP contribution in [0.15, 0.2) is 47.6 Å². The second-order valence-corrected chi connectivity index (χ2v) is 4.96. The molecule has 0 spiro atoms. The molecule has 23 heavy (non-hydrogen) atoms. The number of benzene rings is 2. The van der Waals surface area contributed by atoms with Gasteiger partial charge in [-0.2, -0.15) is 5.10 Å². The van der Waals surface area contributed by atoms with Gasteiger partial charge in [0.25, 0.3) is 0 Å². The van der Waals surface area contributed by atoms with E-state index >= 15 is 0 Å². The van der Waals surface area contributed by atoms with Gasteiger partial charge in [0.2, 0.25) is 5.91 Å². The number of carbonyl (C=O) groups is 1. The molecule has 0 unspecified atom stereocenters. The molecule has 0 aromatic heterocycles. The highest BCUT2D eigenvalue weighted by molar-refractivity contribution is 6.01. The average Bonchev–Trinajstić information content (AvgIpc) is 2.53. The van der Waals surface area contributed by atoms with Crippen LogP contribution in [0.1, 0.15) is 18.1 Å². The molecule has 120 valence electrons. The number of hydrogen-bond donors (Lipinski definition) is 3. The minimum atomic E-state index is -0.271. The number of phenols is 2. The fraction of sp³-hybridized carbons (Fsp3) is 0.176. The third kappa shape index (κ3) is 4.47. The lowest BCUT2D eigenvalue weighted by molar-refractivity contribution is -0.120. The average molecular weight is 314 g/mol. The Balaban J connectivity index is 1.99. The van der Waals surface area contributed by atoms with E-state index in [0.29, 0.717) is 11.3 Å². The first-order valence-electron chi connectivity index (χ1n) is 6.98. The zero-order valence-corrected chi connectivity index (χ0v) is 12.9. The Kier molecular flexibility index (Phi) is 5.19. The largest absolute Gasteiger partial charge is 0.508 e. The lowest BCUT2D eigenvalue weighted by atomic mass is 10.1. The summed E-state index contributed by atoms with van der Waals surface area (Å²) in [5.74, 6) is 0.317. The Hall–Kier alpha value is -3.02. The maximum Gasteiger partial charge on any atom is 0.244 e. The van der Waals surface area contributed by atoms with Gasteiger partial charge in [0.05, 0.1) is 19.2 Å². The molecule has 2 rings (SSSR count). The van der Waals surface area contributed by atoms with Crippen molar-refractivity contribution in [3.63, 3.8) is 0 Å². The molecular formula is C17H18N2O4. The van der Waals surface area contributed by atoms with Crippen molar-refractivity contribution < 1.29 is 19.7 Å². The van der Waals surface area contributed by atoms with E-state index in [1.165, 1.54) is 18.2 Å². The van der Waals surface area contributed by atoms with E-state index in [1.54, 1.807) is 38.3 Å². The van der Waals surface area contributed by atoms with E-state index in [0.717, 1.165) is 11.3 Å². The van der Waals surface area contributed by atoms with E-state index in [1.807, 2.05) is 0 Å². The fourth-order valence-electron chi connectivity index (χ4n) is 2.00. The molecule has 0 radical (unpaired) electrons. The summed E-state index contributed by atoms with van der Waals surface area (Å²) in [4.78, 5) is 11.9. The summed E-state index contributed by atoms with van der Waals surface area (Å²) in [5, 5.41) is 23.0. The number of nitrogens with one attached hydrogen (secondary N) is 1. The van der Waals surface area contributed by atoms with Gasteiger partial charge in [-0.25, -0.2) is 5.43 Å². The maximum atomic E-state index is 11.9. The summed E-state index contributed by atoms with van der Waals surface area (Å²) >= 11 is 0. The van der Waals surface area contributed by atoms with Crippen LogP contribution in [0.4, 0.5) is 0 Å². The first-order chi connectivity index (χ1) is 11.0. The van der Waals surface area contributed by atoms with Gasteiger partial charge in [0.1, 0.15) is 17.2 Å². The van der Waals surface area contributed by atoms with Gasteiger partial charge in [-0.15, -0.1) is 0 Å². The third-order valence-electron chi connectivity index (χ3n) is 3.24. The van der Waals surface area contributed by atoms with Crippen molar-refractivity contribution in [3.8, 4) is 17.2 Å². The van der Waals surface area contributed by atoms with Crippen molar-refractivity contribution >= 4 is 11.6 Å². The van der Waals surface area contributed by atoms with Crippen LogP contribution in [0.5, 0.6) is 17.2 Å². The first-order valence-corrected chi connectivity index (χ1v) is 6.98. The second kappa shape index (κ2) is 7.31. The highest BCUT2D eigenvalue weighted by Gasteiger charge is 2.07. The molecule has 0 fully saturated rings. The van der Waals surface area contributed by atoms with Gasteiger partial charge < -0.3 is 14.9 Å². The van der Waals surface area contributed by atoms with Crippen molar-refractivity contribution in [2.45, 2.75) is 13.3 Å².